The smallest absolute Gasteiger partial charge is 0.261 e. The lowest BCUT2D eigenvalue weighted by molar-refractivity contribution is -0.142. The van der Waals surface area contributed by atoms with Crippen molar-refractivity contribution in [2.75, 3.05) is 13.2 Å². The maximum Gasteiger partial charge on any atom is 0.261 e. The average Bonchev–Trinajstić information content (AvgIpc) is 2.88. The molecule has 0 heterocycles. The molecule has 0 fully saturated rings. The third kappa shape index (κ3) is 8.60. The third-order valence-corrected chi connectivity index (χ3v) is 7.07. The van der Waals surface area contributed by atoms with Crippen LogP contribution in [0.5, 0.6) is 5.75 Å². The highest BCUT2D eigenvalue weighted by molar-refractivity contribution is 9.10. The van der Waals surface area contributed by atoms with Crippen LogP contribution in [0.1, 0.15) is 50.8 Å². The number of amides is 2. The van der Waals surface area contributed by atoms with Gasteiger partial charge in [-0.1, -0.05) is 87.8 Å². The number of nitrogens with one attached hydrogen (secondary N) is 1. The lowest BCUT2D eigenvalue weighted by Crippen LogP contribution is -2.51. The van der Waals surface area contributed by atoms with E-state index in [4.69, 9.17) is 16.3 Å². The number of halogens is 2. The molecular formula is C31H36BrClN2O3. The lowest BCUT2D eigenvalue weighted by atomic mass is 9.87. The molecule has 2 amide bonds. The molecule has 1 N–H and O–H groups in total. The van der Waals surface area contributed by atoms with Crippen LogP contribution < -0.4 is 10.1 Å². The summed E-state index contributed by atoms with van der Waals surface area (Å²) >= 11 is 9.82. The van der Waals surface area contributed by atoms with Crippen LogP contribution in [0.25, 0.3) is 0 Å². The fourth-order valence-corrected chi connectivity index (χ4v) is 4.76. The Balaban J connectivity index is 1.89. The highest BCUT2D eigenvalue weighted by atomic mass is 79.9. The van der Waals surface area contributed by atoms with E-state index in [0.717, 1.165) is 27.6 Å². The molecule has 3 rings (SSSR count). The quantitative estimate of drug-likeness (QED) is 0.260. The molecule has 3 aromatic carbocycles. The second kappa shape index (κ2) is 13.8. The van der Waals surface area contributed by atoms with Gasteiger partial charge in [-0.25, -0.2) is 0 Å². The first kappa shape index (κ1) is 29.7. The summed E-state index contributed by atoms with van der Waals surface area (Å²) in [6, 6.07) is 22.2. The zero-order valence-corrected chi connectivity index (χ0v) is 24.8. The highest BCUT2D eigenvalue weighted by Crippen LogP contribution is 2.31. The topological polar surface area (TPSA) is 58.6 Å². The van der Waals surface area contributed by atoms with Crippen LogP contribution in [0.3, 0.4) is 0 Å². The zero-order valence-electron chi connectivity index (χ0n) is 22.5. The van der Waals surface area contributed by atoms with Crippen molar-refractivity contribution in [3.63, 3.8) is 0 Å². The molecule has 0 radical (unpaired) electrons. The predicted molar refractivity (Wildman–Crippen MR) is 158 cm³/mol. The lowest BCUT2D eigenvalue weighted by Gasteiger charge is -2.31. The number of hydrogen-bond acceptors (Lipinski definition) is 3. The van der Waals surface area contributed by atoms with Crippen molar-refractivity contribution in [2.24, 2.45) is 0 Å². The molecule has 0 saturated heterocycles. The maximum absolute atomic E-state index is 13.7. The van der Waals surface area contributed by atoms with Gasteiger partial charge in [-0.05, 0) is 68.7 Å². The van der Waals surface area contributed by atoms with Crippen LogP contribution in [0.4, 0.5) is 0 Å². The molecule has 5 nitrogen and oxygen atoms in total. The van der Waals surface area contributed by atoms with E-state index in [1.807, 2.05) is 73.7 Å². The Labute approximate surface area is 239 Å². The number of rotatable bonds is 11. The molecule has 0 aliphatic carbocycles. The Hall–Kier alpha value is -2.83. The van der Waals surface area contributed by atoms with Gasteiger partial charge in [0.1, 0.15) is 11.8 Å². The van der Waals surface area contributed by atoms with E-state index in [9.17, 15) is 9.59 Å². The van der Waals surface area contributed by atoms with Gasteiger partial charge < -0.3 is 15.0 Å². The molecular weight excluding hydrogens is 564 g/mol. The minimum Gasteiger partial charge on any atom is -0.483 e. The summed E-state index contributed by atoms with van der Waals surface area (Å²) in [5.74, 6) is 0.0928. The normalized spacial score (nSPS) is 12.1. The molecule has 0 unspecified atom stereocenters. The van der Waals surface area contributed by atoms with Crippen LogP contribution in [-0.4, -0.2) is 35.9 Å². The summed E-state index contributed by atoms with van der Waals surface area (Å²) in [5.41, 5.74) is 2.94. The summed E-state index contributed by atoms with van der Waals surface area (Å²) in [6.07, 6.45) is 1.18. The number of carbonyl (C=O) groups is 2. The van der Waals surface area contributed by atoms with Crippen molar-refractivity contribution in [3.8, 4) is 5.75 Å². The molecule has 0 spiro atoms. The maximum atomic E-state index is 13.7. The number of hydrogen-bond donors (Lipinski definition) is 1. The van der Waals surface area contributed by atoms with Gasteiger partial charge >= 0.3 is 0 Å². The van der Waals surface area contributed by atoms with E-state index in [1.54, 1.807) is 11.0 Å². The van der Waals surface area contributed by atoms with E-state index in [0.29, 0.717) is 23.7 Å². The van der Waals surface area contributed by atoms with Gasteiger partial charge in [-0.2, -0.15) is 0 Å². The van der Waals surface area contributed by atoms with E-state index < -0.39 is 6.04 Å². The summed E-state index contributed by atoms with van der Waals surface area (Å²) in [4.78, 5) is 28.7. The fraction of sp³-hybridized carbons (Fsp3) is 0.355. The second-order valence-electron chi connectivity index (χ2n) is 10.3. The zero-order chi connectivity index (χ0) is 27.7. The summed E-state index contributed by atoms with van der Waals surface area (Å²) in [7, 11) is 0. The fourth-order valence-electron chi connectivity index (χ4n) is 4.06. The van der Waals surface area contributed by atoms with Gasteiger partial charge in [0.15, 0.2) is 6.61 Å². The van der Waals surface area contributed by atoms with Crippen LogP contribution in [0.15, 0.2) is 77.3 Å². The Bertz CT molecular complexity index is 1230. The minimum atomic E-state index is -0.717. The van der Waals surface area contributed by atoms with Crippen LogP contribution >= 0.6 is 27.5 Å². The van der Waals surface area contributed by atoms with E-state index in [1.165, 1.54) is 0 Å². The monoisotopic (exact) mass is 598 g/mol. The van der Waals surface area contributed by atoms with E-state index >= 15 is 0 Å². The summed E-state index contributed by atoms with van der Waals surface area (Å²) < 4.78 is 6.75. The van der Waals surface area contributed by atoms with Crippen LogP contribution in [0.2, 0.25) is 5.02 Å². The molecule has 0 aromatic heterocycles. The third-order valence-electron chi connectivity index (χ3n) is 6.21. The molecule has 38 heavy (non-hydrogen) atoms. The molecule has 7 heteroatoms. The van der Waals surface area contributed by atoms with Crippen LogP contribution in [-0.2, 0) is 28.0 Å². The minimum absolute atomic E-state index is 0.0128. The van der Waals surface area contributed by atoms with Gasteiger partial charge in [0.2, 0.25) is 5.91 Å². The first-order valence-corrected chi connectivity index (χ1v) is 14.0. The van der Waals surface area contributed by atoms with Gasteiger partial charge in [0.25, 0.3) is 5.91 Å². The first-order chi connectivity index (χ1) is 18.1. The van der Waals surface area contributed by atoms with Crippen molar-refractivity contribution in [2.45, 2.75) is 58.5 Å². The number of carbonyl (C=O) groups excluding carboxylic acids is 2. The van der Waals surface area contributed by atoms with Gasteiger partial charge in [-0.15, -0.1) is 0 Å². The Kier molecular flexibility index (Phi) is 10.8. The largest absolute Gasteiger partial charge is 0.483 e. The van der Waals surface area contributed by atoms with Crippen molar-refractivity contribution in [1.82, 2.24) is 10.2 Å². The molecule has 0 aliphatic heterocycles. The van der Waals surface area contributed by atoms with Crippen molar-refractivity contribution >= 4 is 39.3 Å². The van der Waals surface area contributed by atoms with E-state index in [-0.39, 0.29) is 30.4 Å². The number of ether oxygens (including phenoxy) is 1. The molecule has 0 saturated carbocycles. The molecule has 202 valence electrons. The van der Waals surface area contributed by atoms with Crippen LogP contribution in [0, 0.1) is 0 Å². The summed E-state index contributed by atoms with van der Waals surface area (Å²) in [6.45, 7) is 8.98. The Morgan fingerprint density at radius 3 is 2.34 bits per heavy atom. The summed E-state index contributed by atoms with van der Waals surface area (Å²) in [5, 5.41) is 3.55. The average molecular weight is 600 g/mol. The van der Waals surface area contributed by atoms with Crippen molar-refractivity contribution in [1.29, 1.82) is 0 Å². The molecule has 0 bridgehead atoms. The molecule has 0 aliphatic rings. The number of benzene rings is 3. The molecule has 3 aromatic rings. The van der Waals surface area contributed by atoms with E-state index in [2.05, 4.69) is 42.0 Å². The SMILES string of the molecule is CCCNC(=O)[C@H](Cc1ccccc1)N(Cc1cccc(Cl)c1)C(=O)COc1ccc(C(C)(C)C)cc1Br. The second-order valence-corrected chi connectivity index (χ2v) is 11.6. The van der Waals surface area contributed by atoms with Crippen molar-refractivity contribution < 1.29 is 14.3 Å². The van der Waals surface area contributed by atoms with Crippen molar-refractivity contribution in [3.05, 3.63) is 99.0 Å². The molecule has 1 atom stereocenters. The standard InChI is InChI=1S/C31H36BrClN2O3/c1-5-16-34-30(37)27(18-22-10-7-6-8-11-22)35(20-23-12-9-13-25(33)17-23)29(36)21-38-28-15-14-24(19-26(28)32)31(2,3)4/h6-15,17,19,27H,5,16,18,20-21H2,1-4H3,(H,34,37)/t27-/m0/s1. The Morgan fingerprint density at radius 2 is 1.71 bits per heavy atom. The Morgan fingerprint density at radius 1 is 1.00 bits per heavy atom. The predicted octanol–water partition coefficient (Wildman–Crippen LogP) is 6.95. The van der Waals surface area contributed by atoms with Gasteiger partial charge in [0.05, 0.1) is 4.47 Å². The number of nitrogens with zero attached hydrogens (tertiary/aromatic N) is 1. The highest BCUT2D eigenvalue weighted by Gasteiger charge is 2.30. The first-order valence-electron chi connectivity index (χ1n) is 12.9. The van der Waals surface area contributed by atoms with Gasteiger partial charge in [-0.3, -0.25) is 9.59 Å². The van der Waals surface area contributed by atoms with Gasteiger partial charge in [0, 0.05) is 24.5 Å².